The summed E-state index contributed by atoms with van der Waals surface area (Å²) in [6.45, 7) is 2.20. The molecule has 0 N–H and O–H groups in total. The van der Waals surface area contributed by atoms with E-state index >= 15 is 0 Å². The fourth-order valence-electron chi connectivity index (χ4n) is 1.26. The van der Waals surface area contributed by atoms with E-state index < -0.39 is 0 Å². The van der Waals surface area contributed by atoms with Crippen molar-refractivity contribution in [2.45, 2.75) is 12.2 Å². The molecule has 0 aliphatic carbocycles. The summed E-state index contributed by atoms with van der Waals surface area (Å²) in [5.74, 6) is -0.219. The molecule has 2 rings (SSSR count). The van der Waals surface area contributed by atoms with Crippen LogP contribution >= 0.6 is 11.8 Å². The van der Waals surface area contributed by atoms with Crippen molar-refractivity contribution in [1.82, 2.24) is 0 Å². The molecular weight excluding hydrogens is 212 g/mol. The molecule has 2 aliphatic rings. The second-order valence-electron chi connectivity index (χ2n) is 2.91. The fraction of sp³-hybridized carbons (Fsp3) is 0.300. The first-order valence-corrected chi connectivity index (χ1v) is 5.50. The van der Waals surface area contributed by atoms with Gasteiger partial charge in [0.1, 0.15) is 5.25 Å². The summed E-state index contributed by atoms with van der Waals surface area (Å²) < 4.78 is 4.94. The standard InChI is InChI=1S/C10H10N2O2S/c1-2-14-10(13)8-5-7-9(15-8)6-11-3-4-12-7/h3-6,8H,2H2,1H3. The van der Waals surface area contributed by atoms with E-state index in [-0.39, 0.29) is 11.2 Å². The average Bonchev–Trinajstić information content (AvgIpc) is 2.51. The SMILES string of the molecule is CCOC(=O)C1C=C2N=CC=NC=C2S1. The molecule has 0 saturated carbocycles. The molecule has 2 heterocycles. The van der Waals surface area contributed by atoms with Gasteiger partial charge >= 0.3 is 5.97 Å². The van der Waals surface area contributed by atoms with Crippen molar-refractivity contribution in [3.05, 3.63) is 22.9 Å². The lowest BCUT2D eigenvalue weighted by Gasteiger charge is -2.05. The maximum atomic E-state index is 11.5. The summed E-state index contributed by atoms with van der Waals surface area (Å²) in [5, 5.41) is -0.281. The Morgan fingerprint density at radius 3 is 3.27 bits per heavy atom. The Labute approximate surface area is 91.8 Å². The summed E-state index contributed by atoms with van der Waals surface area (Å²) in [6.07, 6.45) is 6.75. The number of carbonyl (C=O) groups excluding carboxylic acids is 1. The van der Waals surface area contributed by atoms with Gasteiger partial charge in [0.2, 0.25) is 0 Å². The Balaban J connectivity index is 2.14. The van der Waals surface area contributed by atoms with Crippen molar-refractivity contribution in [2.24, 2.45) is 9.98 Å². The maximum Gasteiger partial charge on any atom is 0.323 e. The van der Waals surface area contributed by atoms with Crippen LogP contribution in [0.3, 0.4) is 0 Å². The van der Waals surface area contributed by atoms with E-state index in [0.29, 0.717) is 6.61 Å². The van der Waals surface area contributed by atoms with Gasteiger partial charge in [-0.3, -0.25) is 14.8 Å². The zero-order chi connectivity index (χ0) is 10.7. The molecule has 0 saturated heterocycles. The van der Waals surface area contributed by atoms with Gasteiger partial charge in [-0.2, -0.15) is 0 Å². The molecule has 0 fully saturated rings. The highest BCUT2D eigenvalue weighted by molar-refractivity contribution is 8.05. The van der Waals surface area contributed by atoms with Gasteiger partial charge in [0.15, 0.2) is 0 Å². The lowest BCUT2D eigenvalue weighted by atomic mass is 10.3. The highest BCUT2D eigenvalue weighted by Crippen LogP contribution is 2.38. The second kappa shape index (κ2) is 4.44. The van der Waals surface area contributed by atoms with Gasteiger partial charge < -0.3 is 4.74 Å². The van der Waals surface area contributed by atoms with Crippen molar-refractivity contribution in [2.75, 3.05) is 6.61 Å². The van der Waals surface area contributed by atoms with Crippen LogP contribution in [0.2, 0.25) is 0 Å². The molecule has 1 atom stereocenters. The van der Waals surface area contributed by atoms with Crippen LogP contribution < -0.4 is 0 Å². The van der Waals surface area contributed by atoms with Gasteiger partial charge in [-0.1, -0.05) is 0 Å². The first-order chi connectivity index (χ1) is 7.31. The molecule has 78 valence electrons. The van der Waals surface area contributed by atoms with E-state index in [1.54, 1.807) is 31.6 Å². The zero-order valence-corrected chi connectivity index (χ0v) is 9.03. The summed E-state index contributed by atoms with van der Waals surface area (Å²) in [6, 6.07) is 0. The largest absolute Gasteiger partial charge is 0.465 e. The number of hydrogen-bond donors (Lipinski definition) is 0. The predicted octanol–water partition coefficient (Wildman–Crippen LogP) is 1.55. The third kappa shape index (κ3) is 2.18. The van der Waals surface area contributed by atoms with Gasteiger partial charge in [-0.15, -0.1) is 11.8 Å². The number of thioether (sulfide) groups is 1. The van der Waals surface area contributed by atoms with Gasteiger partial charge in [-0.25, -0.2) is 0 Å². The smallest absolute Gasteiger partial charge is 0.323 e. The minimum Gasteiger partial charge on any atom is -0.465 e. The zero-order valence-electron chi connectivity index (χ0n) is 8.21. The first-order valence-electron chi connectivity index (χ1n) is 4.62. The van der Waals surface area contributed by atoms with Gasteiger partial charge in [0, 0.05) is 18.6 Å². The number of ether oxygens (including phenoxy) is 1. The molecule has 4 nitrogen and oxygen atoms in total. The van der Waals surface area contributed by atoms with Crippen molar-refractivity contribution in [1.29, 1.82) is 0 Å². The van der Waals surface area contributed by atoms with E-state index in [1.165, 1.54) is 11.8 Å². The minimum atomic E-state index is -0.281. The predicted molar refractivity (Wildman–Crippen MR) is 61.2 cm³/mol. The van der Waals surface area contributed by atoms with Crippen molar-refractivity contribution < 1.29 is 9.53 Å². The van der Waals surface area contributed by atoms with Crippen LogP contribution in [0, 0.1) is 0 Å². The molecule has 0 bridgehead atoms. The van der Waals surface area contributed by atoms with E-state index in [0.717, 1.165) is 10.6 Å². The van der Waals surface area contributed by atoms with Crippen molar-refractivity contribution in [3.8, 4) is 0 Å². The van der Waals surface area contributed by atoms with Crippen molar-refractivity contribution >= 4 is 30.2 Å². The molecular formula is C10H10N2O2S. The molecule has 5 heteroatoms. The fourth-order valence-corrected chi connectivity index (χ4v) is 2.26. The number of hydrogen-bond acceptors (Lipinski definition) is 5. The molecule has 2 aliphatic heterocycles. The molecule has 1 unspecified atom stereocenters. The normalized spacial score (nSPS) is 22.9. The molecule has 0 aromatic rings. The molecule has 0 aromatic carbocycles. The Bertz CT molecular complexity index is 396. The van der Waals surface area contributed by atoms with Gasteiger partial charge in [0.05, 0.1) is 17.2 Å². The third-order valence-corrected chi connectivity index (χ3v) is 3.04. The Kier molecular flexibility index (Phi) is 3.01. The number of carbonyl (C=O) groups is 1. The van der Waals surface area contributed by atoms with Gasteiger partial charge in [0.25, 0.3) is 0 Å². The topological polar surface area (TPSA) is 51.0 Å². The number of fused-ring (bicyclic) bond motifs is 1. The summed E-state index contributed by atoms with van der Waals surface area (Å²) in [7, 11) is 0. The molecule has 0 radical (unpaired) electrons. The van der Waals surface area contributed by atoms with E-state index in [4.69, 9.17) is 4.74 Å². The van der Waals surface area contributed by atoms with Crippen LogP contribution in [0.25, 0.3) is 0 Å². The van der Waals surface area contributed by atoms with Crippen LogP contribution in [-0.2, 0) is 9.53 Å². The summed E-state index contributed by atoms with van der Waals surface area (Å²) >= 11 is 1.42. The maximum absolute atomic E-state index is 11.5. The highest BCUT2D eigenvalue weighted by atomic mass is 32.2. The van der Waals surface area contributed by atoms with E-state index in [1.807, 2.05) is 0 Å². The van der Waals surface area contributed by atoms with E-state index in [2.05, 4.69) is 9.98 Å². The molecule has 15 heavy (non-hydrogen) atoms. The quantitative estimate of drug-likeness (QED) is 0.666. The van der Waals surface area contributed by atoms with Crippen LogP contribution in [0.4, 0.5) is 0 Å². The van der Waals surface area contributed by atoms with Crippen molar-refractivity contribution in [3.63, 3.8) is 0 Å². The molecule has 0 aromatic heterocycles. The average molecular weight is 222 g/mol. The van der Waals surface area contributed by atoms with Crippen LogP contribution in [-0.4, -0.2) is 30.3 Å². The van der Waals surface area contributed by atoms with E-state index in [9.17, 15) is 4.79 Å². The van der Waals surface area contributed by atoms with Crippen LogP contribution in [0.1, 0.15) is 6.92 Å². The molecule has 0 amide bonds. The second-order valence-corrected chi connectivity index (χ2v) is 4.10. The number of rotatable bonds is 2. The lowest BCUT2D eigenvalue weighted by Crippen LogP contribution is -2.16. The number of nitrogens with zero attached hydrogens (tertiary/aromatic N) is 2. The summed E-state index contributed by atoms with van der Waals surface area (Å²) in [4.78, 5) is 20.6. The Morgan fingerprint density at radius 2 is 2.47 bits per heavy atom. The first kappa shape index (κ1) is 10.2. The van der Waals surface area contributed by atoms with Crippen LogP contribution in [0.15, 0.2) is 32.9 Å². The lowest BCUT2D eigenvalue weighted by molar-refractivity contribution is -0.141. The Hall–Kier alpha value is -1.36. The monoisotopic (exact) mass is 222 g/mol. The highest BCUT2D eigenvalue weighted by Gasteiger charge is 2.28. The molecule has 0 spiro atoms. The summed E-state index contributed by atoms with van der Waals surface area (Å²) in [5.41, 5.74) is 0.801. The number of esters is 1. The number of aliphatic imine (C=N–C) groups is 2. The minimum absolute atomic E-state index is 0.219. The van der Waals surface area contributed by atoms with Gasteiger partial charge in [-0.05, 0) is 13.0 Å². The Morgan fingerprint density at radius 1 is 1.60 bits per heavy atom. The third-order valence-electron chi connectivity index (χ3n) is 1.89. The van der Waals surface area contributed by atoms with Crippen LogP contribution in [0.5, 0.6) is 0 Å².